The number of hydrazine groups is 1. The maximum Gasteiger partial charge on any atom is 0.511 e. The van der Waals surface area contributed by atoms with Crippen LogP contribution in [0.15, 0.2) is 11.0 Å². The van der Waals surface area contributed by atoms with Crippen molar-refractivity contribution in [2.24, 2.45) is 5.84 Å². The Morgan fingerprint density at radius 2 is 2.06 bits per heavy atom. The molecule has 2 aliphatic carbocycles. The highest BCUT2D eigenvalue weighted by atomic mass is 35.5. The van der Waals surface area contributed by atoms with E-state index in [4.69, 9.17) is 16.7 Å². The van der Waals surface area contributed by atoms with E-state index in [1.807, 2.05) is 0 Å². The summed E-state index contributed by atoms with van der Waals surface area (Å²) in [6, 6.07) is -0.585. The number of rotatable bonds is 3. The monoisotopic (exact) mass is 456 g/mol. The highest BCUT2D eigenvalue weighted by Crippen LogP contribution is 2.53. The van der Waals surface area contributed by atoms with Gasteiger partial charge in [0.15, 0.2) is 11.6 Å². The van der Waals surface area contributed by atoms with Gasteiger partial charge in [0.05, 0.1) is 28.8 Å². The van der Waals surface area contributed by atoms with Crippen LogP contribution in [0.3, 0.4) is 0 Å². The number of aryl methyl sites for hydroxylation is 1. The van der Waals surface area contributed by atoms with Gasteiger partial charge in [-0.2, -0.15) is 0 Å². The van der Waals surface area contributed by atoms with Crippen LogP contribution in [-0.4, -0.2) is 39.1 Å². The van der Waals surface area contributed by atoms with Gasteiger partial charge in [-0.25, -0.2) is 18.6 Å². The third-order valence-electron chi connectivity index (χ3n) is 6.90. The fourth-order valence-electron chi connectivity index (χ4n) is 5.18. The van der Waals surface area contributed by atoms with Crippen LogP contribution in [0.25, 0.3) is 10.9 Å². The van der Waals surface area contributed by atoms with Gasteiger partial charge in [-0.1, -0.05) is 0 Å². The minimum Gasteiger partial charge on any atom is -0.449 e. The number of nitrogens with two attached hydrogens (primary N) is 2. The number of nitrogen functional groups attached to an aromatic ring is 1. The first-order chi connectivity index (χ1) is 14.1. The largest absolute Gasteiger partial charge is 0.511 e. The first-order valence-corrected chi connectivity index (χ1v) is 9.88. The Balaban J connectivity index is 0.00000231. The second kappa shape index (κ2) is 7.04. The molecule has 1 aliphatic heterocycles. The zero-order valence-corrected chi connectivity index (χ0v) is 17.5. The molecular weight excluding hydrogens is 434 g/mol. The first-order valence-electron chi connectivity index (χ1n) is 9.88. The molecule has 31 heavy (non-hydrogen) atoms. The summed E-state index contributed by atoms with van der Waals surface area (Å²) in [5.74, 6) is 4.60. The Labute approximate surface area is 182 Å². The van der Waals surface area contributed by atoms with Crippen molar-refractivity contribution >= 4 is 35.2 Å². The predicted molar refractivity (Wildman–Crippen MR) is 112 cm³/mol. The number of nitrogens with zero attached hydrogens (tertiary/aromatic N) is 2. The number of benzene rings is 1. The molecule has 5 atom stereocenters. The van der Waals surface area contributed by atoms with Gasteiger partial charge >= 0.3 is 6.16 Å². The Morgan fingerprint density at radius 1 is 1.42 bits per heavy atom. The van der Waals surface area contributed by atoms with E-state index in [1.54, 1.807) is 11.9 Å². The number of hydrogen-bond acceptors (Lipinski definition) is 6. The lowest BCUT2D eigenvalue weighted by Crippen LogP contribution is -2.21. The highest BCUT2D eigenvalue weighted by Gasteiger charge is 2.55. The zero-order chi connectivity index (χ0) is 21.5. The molecule has 0 bridgehead atoms. The first kappa shape index (κ1) is 21.8. The van der Waals surface area contributed by atoms with Gasteiger partial charge in [-0.15, -0.1) is 12.4 Å². The van der Waals surface area contributed by atoms with E-state index in [0.717, 1.165) is 19.4 Å². The standard InChI is InChI=1S/C20H22F2N4O4.ClH/c1-8-13(9-2-3-20(5-9)7-26(20)24)15(22)16(23)14-17(8)25(11-4-10(11)21)6-12(18(14)27)30-19(28)29;/h6,9-11H,2-5,7,23-24H2,1H3,(H,28,29);1H/t9?,10-,11+,20?,26?;/m0./s1. The fourth-order valence-corrected chi connectivity index (χ4v) is 5.18. The zero-order valence-electron chi connectivity index (χ0n) is 16.7. The molecule has 0 radical (unpaired) electrons. The number of fused-ring (bicyclic) bond motifs is 1. The average molecular weight is 457 g/mol. The van der Waals surface area contributed by atoms with Crippen molar-refractivity contribution in [3.8, 4) is 5.75 Å². The number of ether oxygens (including phenoxy) is 1. The van der Waals surface area contributed by atoms with Gasteiger partial charge in [0.25, 0.3) is 0 Å². The molecule has 3 fully saturated rings. The van der Waals surface area contributed by atoms with Crippen LogP contribution < -0.4 is 21.7 Å². The summed E-state index contributed by atoms with van der Waals surface area (Å²) in [4.78, 5) is 23.9. The molecule has 2 aromatic rings. The van der Waals surface area contributed by atoms with E-state index in [9.17, 15) is 14.0 Å². The molecule has 3 unspecified atom stereocenters. The van der Waals surface area contributed by atoms with Crippen molar-refractivity contribution < 1.29 is 23.4 Å². The number of halogens is 3. The van der Waals surface area contributed by atoms with E-state index in [-0.39, 0.29) is 41.4 Å². The summed E-state index contributed by atoms with van der Waals surface area (Å²) in [5, 5.41) is 10.5. The van der Waals surface area contributed by atoms with E-state index >= 15 is 4.39 Å². The van der Waals surface area contributed by atoms with Crippen LogP contribution in [-0.2, 0) is 0 Å². The van der Waals surface area contributed by atoms with Crippen molar-refractivity contribution in [3.63, 3.8) is 0 Å². The number of carbonyl (C=O) groups is 1. The lowest BCUT2D eigenvalue weighted by atomic mass is 9.89. The molecule has 2 saturated carbocycles. The topological polar surface area (TPSA) is 124 Å². The van der Waals surface area contributed by atoms with Crippen molar-refractivity contribution in [1.82, 2.24) is 9.58 Å². The SMILES string of the molecule is Cc1c(C2CCC3(C2)CN3N)c(F)c(N)c2c(=O)c(OC(=O)O)cn([C@@H]3C[C@@H]3F)c12.Cl. The summed E-state index contributed by atoms with van der Waals surface area (Å²) in [6.07, 6.45) is 0.834. The molecule has 168 valence electrons. The van der Waals surface area contributed by atoms with Crippen LogP contribution in [0.4, 0.5) is 19.3 Å². The van der Waals surface area contributed by atoms with Gasteiger partial charge < -0.3 is 20.1 Å². The normalized spacial score (nSPS) is 31.0. The summed E-state index contributed by atoms with van der Waals surface area (Å²) in [6.45, 7) is 2.46. The maximum atomic E-state index is 15.5. The van der Waals surface area contributed by atoms with Gasteiger partial charge in [0, 0.05) is 18.5 Å². The molecule has 11 heteroatoms. The smallest absolute Gasteiger partial charge is 0.449 e. The second-order valence-corrected chi connectivity index (χ2v) is 8.70. The minimum absolute atomic E-state index is 0. The summed E-state index contributed by atoms with van der Waals surface area (Å²) < 4.78 is 35.5. The van der Waals surface area contributed by atoms with Crippen molar-refractivity contribution in [2.75, 3.05) is 12.3 Å². The molecule has 5 rings (SSSR count). The van der Waals surface area contributed by atoms with Gasteiger partial charge in [0.1, 0.15) is 6.17 Å². The molecular formula is C20H23ClF2N4O4. The Hall–Kier alpha value is -2.43. The second-order valence-electron chi connectivity index (χ2n) is 8.70. The van der Waals surface area contributed by atoms with Crippen molar-refractivity contribution in [2.45, 2.75) is 56.3 Å². The molecule has 8 nitrogen and oxygen atoms in total. The predicted octanol–water partition coefficient (Wildman–Crippen LogP) is 2.99. The number of anilines is 1. The number of carboxylic acid groups (broad SMARTS) is 1. The van der Waals surface area contributed by atoms with Crippen molar-refractivity contribution in [3.05, 3.63) is 33.4 Å². The third-order valence-corrected chi connectivity index (χ3v) is 6.90. The highest BCUT2D eigenvalue weighted by molar-refractivity contribution is 5.95. The number of hydrogen-bond donors (Lipinski definition) is 3. The summed E-state index contributed by atoms with van der Waals surface area (Å²) in [7, 11) is 0. The number of aromatic nitrogens is 1. The van der Waals surface area contributed by atoms with Crippen LogP contribution in [0.1, 0.15) is 48.8 Å². The fraction of sp³-hybridized carbons (Fsp3) is 0.500. The molecule has 0 amide bonds. The number of pyridine rings is 1. The molecule has 3 aliphatic rings. The Morgan fingerprint density at radius 3 is 2.58 bits per heavy atom. The van der Waals surface area contributed by atoms with Gasteiger partial charge in [-0.3, -0.25) is 10.6 Å². The quantitative estimate of drug-likeness (QED) is 0.281. The van der Waals surface area contributed by atoms with Crippen molar-refractivity contribution in [1.29, 1.82) is 0 Å². The van der Waals surface area contributed by atoms with Crippen LogP contribution in [0.5, 0.6) is 5.75 Å². The Kier molecular flexibility index (Phi) is 4.95. The van der Waals surface area contributed by atoms with E-state index in [2.05, 4.69) is 4.74 Å². The number of alkyl halides is 1. The molecule has 1 saturated heterocycles. The van der Waals surface area contributed by atoms with E-state index in [1.165, 1.54) is 10.8 Å². The van der Waals surface area contributed by atoms with Gasteiger partial charge in [-0.05, 0) is 43.2 Å². The maximum absolute atomic E-state index is 15.5. The lowest BCUT2D eigenvalue weighted by molar-refractivity contribution is 0.143. The molecule has 1 aromatic carbocycles. The van der Waals surface area contributed by atoms with E-state index < -0.39 is 35.4 Å². The van der Waals surface area contributed by atoms with Gasteiger partial charge in [0.2, 0.25) is 5.43 Å². The molecule has 1 aromatic heterocycles. The third kappa shape index (κ3) is 3.16. The molecule has 1 spiro atoms. The van der Waals surface area contributed by atoms with Crippen LogP contribution in [0.2, 0.25) is 0 Å². The van der Waals surface area contributed by atoms with Crippen LogP contribution >= 0.6 is 12.4 Å². The average Bonchev–Trinajstić information content (AvgIpc) is 3.49. The lowest BCUT2D eigenvalue weighted by Gasteiger charge is -2.22. The van der Waals surface area contributed by atoms with E-state index in [0.29, 0.717) is 23.1 Å². The van der Waals surface area contributed by atoms with Crippen LogP contribution in [0, 0.1) is 12.7 Å². The minimum atomic E-state index is -1.69. The molecule has 2 heterocycles. The summed E-state index contributed by atoms with van der Waals surface area (Å²) >= 11 is 0. The summed E-state index contributed by atoms with van der Waals surface area (Å²) in [5.41, 5.74) is 6.04. The molecule has 5 N–H and O–H groups in total. The Bertz CT molecular complexity index is 1170.